The Balaban J connectivity index is 1.38. The van der Waals surface area contributed by atoms with E-state index in [4.69, 9.17) is 0 Å². The third kappa shape index (κ3) is 5.86. The summed E-state index contributed by atoms with van der Waals surface area (Å²) >= 11 is 0. The average Bonchev–Trinajstić information content (AvgIpc) is 2.98. The van der Waals surface area contributed by atoms with E-state index in [-0.39, 0.29) is 0 Å². The predicted molar refractivity (Wildman–Crippen MR) is 118 cm³/mol. The maximum Gasteiger partial charge on any atom is 0.0148 e. The Hall–Kier alpha value is -1.76. The molecule has 0 radical (unpaired) electrons. The molecule has 1 nitrogen and oxygen atoms in total. The van der Waals surface area contributed by atoms with Crippen LogP contribution in [0.25, 0.3) is 0 Å². The van der Waals surface area contributed by atoms with Crippen molar-refractivity contribution in [2.45, 2.75) is 71.6 Å². The van der Waals surface area contributed by atoms with Gasteiger partial charge in [-0.25, -0.2) is 0 Å². The topological polar surface area (TPSA) is 12.0 Å². The molecule has 1 N–H and O–H groups in total. The molecule has 1 atom stereocenters. The van der Waals surface area contributed by atoms with Crippen LogP contribution in [0.15, 0.2) is 59.8 Å². The summed E-state index contributed by atoms with van der Waals surface area (Å²) in [6.07, 6.45) is 16.4. The van der Waals surface area contributed by atoms with Crippen molar-refractivity contribution in [3.05, 3.63) is 71.0 Å². The normalized spacial score (nSPS) is 19.2. The van der Waals surface area contributed by atoms with Gasteiger partial charge in [0, 0.05) is 18.7 Å². The van der Waals surface area contributed by atoms with Crippen LogP contribution in [-0.2, 0) is 6.42 Å². The van der Waals surface area contributed by atoms with Crippen molar-refractivity contribution in [3.8, 4) is 0 Å². The molecule has 2 aliphatic rings. The first kappa shape index (κ1) is 20.0. The lowest BCUT2D eigenvalue weighted by Gasteiger charge is -2.24. The smallest absolute Gasteiger partial charge is 0.0148 e. The zero-order valence-electron chi connectivity index (χ0n) is 17.4. The fourth-order valence-corrected chi connectivity index (χ4v) is 4.50. The van der Waals surface area contributed by atoms with E-state index in [0.717, 1.165) is 25.3 Å². The molecule has 0 amide bonds. The summed E-state index contributed by atoms with van der Waals surface area (Å²) in [5, 5.41) is 3.66. The standard InChI is InChI=1S/C26H37N/c1-20-12-14-23(15-13-20)9-8-18-27-26-17-16-25(19-26)22(3)21(2)24-10-6-4-5-7-11-24/h12-17,22,24,27H,2,4-11,18-19H2,1,3H3. The molecule has 27 heavy (non-hydrogen) atoms. The van der Waals surface area contributed by atoms with Crippen molar-refractivity contribution in [2.24, 2.45) is 11.8 Å². The number of allylic oxidation sites excluding steroid dienone is 4. The summed E-state index contributed by atoms with van der Waals surface area (Å²) in [6.45, 7) is 10.1. The van der Waals surface area contributed by atoms with Gasteiger partial charge in [0.05, 0.1) is 0 Å². The first-order valence-corrected chi connectivity index (χ1v) is 11.0. The third-order valence-electron chi connectivity index (χ3n) is 6.50. The van der Waals surface area contributed by atoms with Gasteiger partial charge in [-0.1, -0.05) is 86.2 Å². The van der Waals surface area contributed by atoms with Gasteiger partial charge in [-0.15, -0.1) is 0 Å². The second-order valence-electron chi connectivity index (χ2n) is 8.61. The lowest BCUT2D eigenvalue weighted by Crippen LogP contribution is -2.16. The minimum Gasteiger partial charge on any atom is -0.388 e. The Morgan fingerprint density at radius 3 is 2.48 bits per heavy atom. The van der Waals surface area contributed by atoms with Crippen molar-refractivity contribution in [2.75, 3.05) is 6.54 Å². The van der Waals surface area contributed by atoms with E-state index >= 15 is 0 Å². The molecular formula is C26H37N. The molecule has 0 aromatic heterocycles. The van der Waals surface area contributed by atoms with Crippen LogP contribution in [0.5, 0.6) is 0 Å². The maximum atomic E-state index is 4.52. The Bertz CT molecular complexity index is 669. The van der Waals surface area contributed by atoms with E-state index in [2.05, 4.69) is 62.2 Å². The van der Waals surface area contributed by atoms with Crippen LogP contribution in [0, 0.1) is 18.8 Å². The van der Waals surface area contributed by atoms with Gasteiger partial charge < -0.3 is 5.32 Å². The molecule has 1 saturated carbocycles. The highest BCUT2D eigenvalue weighted by molar-refractivity contribution is 5.34. The van der Waals surface area contributed by atoms with Crippen LogP contribution in [0.2, 0.25) is 0 Å². The molecule has 0 heterocycles. The molecule has 1 aromatic carbocycles. The molecule has 1 heteroatoms. The highest BCUT2D eigenvalue weighted by Gasteiger charge is 2.23. The second-order valence-corrected chi connectivity index (χ2v) is 8.61. The van der Waals surface area contributed by atoms with Gasteiger partial charge in [0.1, 0.15) is 0 Å². The molecule has 0 aliphatic heterocycles. The molecule has 1 aromatic rings. The molecule has 3 rings (SSSR count). The summed E-state index contributed by atoms with van der Waals surface area (Å²) in [7, 11) is 0. The lowest BCUT2D eigenvalue weighted by molar-refractivity contribution is 0.489. The predicted octanol–water partition coefficient (Wildman–Crippen LogP) is 6.89. The minimum atomic E-state index is 0.524. The van der Waals surface area contributed by atoms with Crippen LogP contribution in [0.4, 0.5) is 0 Å². The first-order valence-electron chi connectivity index (χ1n) is 11.0. The van der Waals surface area contributed by atoms with Crippen molar-refractivity contribution >= 4 is 0 Å². The van der Waals surface area contributed by atoms with E-state index in [9.17, 15) is 0 Å². The van der Waals surface area contributed by atoms with E-state index in [1.165, 1.54) is 67.3 Å². The van der Waals surface area contributed by atoms with Crippen LogP contribution >= 0.6 is 0 Å². The number of aryl methyl sites for hydroxylation is 2. The van der Waals surface area contributed by atoms with Crippen LogP contribution in [-0.4, -0.2) is 6.54 Å². The Kier molecular flexibility index (Phi) is 7.38. The zero-order valence-corrected chi connectivity index (χ0v) is 17.4. The number of rotatable bonds is 8. The number of benzene rings is 1. The summed E-state index contributed by atoms with van der Waals surface area (Å²) in [5.41, 5.74) is 7.19. The van der Waals surface area contributed by atoms with Crippen molar-refractivity contribution in [1.82, 2.24) is 5.32 Å². The minimum absolute atomic E-state index is 0.524. The Morgan fingerprint density at radius 1 is 1.07 bits per heavy atom. The highest BCUT2D eigenvalue weighted by atomic mass is 14.9. The van der Waals surface area contributed by atoms with E-state index in [1.807, 2.05) is 0 Å². The fourth-order valence-electron chi connectivity index (χ4n) is 4.50. The van der Waals surface area contributed by atoms with Gasteiger partial charge in [0.25, 0.3) is 0 Å². The summed E-state index contributed by atoms with van der Waals surface area (Å²) in [6, 6.07) is 8.93. The van der Waals surface area contributed by atoms with Crippen LogP contribution in [0.3, 0.4) is 0 Å². The molecule has 2 aliphatic carbocycles. The van der Waals surface area contributed by atoms with Crippen molar-refractivity contribution in [3.63, 3.8) is 0 Å². The van der Waals surface area contributed by atoms with Crippen LogP contribution < -0.4 is 5.32 Å². The van der Waals surface area contributed by atoms with Gasteiger partial charge in [-0.3, -0.25) is 0 Å². The van der Waals surface area contributed by atoms with Gasteiger partial charge in [-0.05, 0) is 56.1 Å². The summed E-state index contributed by atoms with van der Waals surface area (Å²) in [4.78, 5) is 0. The number of hydrogen-bond acceptors (Lipinski definition) is 1. The second kappa shape index (κ2) is 9.97. The number of nitrogens with one attached hydrogen (secondary N) is 1. The van der Waals surface area contributed by atoms with Crippen LogP contribution in [0.1, 0.15) is 69.4 Å². The van der Waals surface area contributed by atoms with E-state index < -0.39 is 0 Å². The van der Waals surface area contributed by atoms with Gasteiger partial charge >= 0.3 is 0 Å². The van der Waals surface area contributed by atoms with Gasteiger partial charge in [-0.2, -0.15) is 0 Å². The number of hydrogen-bond donors (Lipinski definition) is 1. The lowest BCUT2D eigenvalue weighted by atomic mass is 9.81. The van der Waals surface area contributed by atoms with Gasteiger partial charge in [0.2, 0.25) is 0 Å². The quantitative estimate of drug-likeness (QED) is 0.301. The summed E-state index contributed by atoms with van der Waals surface area (Å²) < 4.78 is 0. The molecule has 1 unspecified atom stereocenters. The average molecular weight is 364 g/mol. The molecule has 0 bridgehead atoms. The molecule has 1 fully saturated rings. The molecule has 0 spiro atoms. The molecule has 146 valence electrons. The zero-order chi connectivity index (χ0) is 19.1. The monoisotopic (exact) mass is 363 g/mol. The Labute approximate surface area is 166 Å². The largest absolute Gasteiger partial charge is 0.388 e. The van der Waals surface area contributed by atoms with E-state index in [0.29, 0.717) is 5.92 Å². The maximum absolute atomic E-state index is 4.52. The Morgan fingerprint density at radius 2 is 1.78 bits per heavy atom. The summed E-state index contributed by atoms with van der Waals surface area (Å²) in [5.74, 6) is 1.27. The highest BCUT2D eigenvalue weighted by Crippen LogP contribution is 2.37. The molecular weight excluding hydrogens is 326 g/mol. The first-order chi connectivity index (χ1) is 13.1. The van der Waals surface area contributed by atoms with Crippen molar-refractivity contribution < 1.29 is 0 Å². The molecule has 0 saturated heterocycles. The third-order valence-corrected chi connectivity index (χ3v) is 6.50. The van der Waals surface area contributed by atoms with Gasteiger partial charge in [0.15, 0.2) is 0 Å². The van der Waals surface area contributed by atoms with Crippen molar-refractivity contribution in [1.29, 1.82) is 0 Å². The van der Waals surface area contributed by atoms with E-state index in [1.54, 1.807) is 5.57 Å². The SMILES string of the molecule is C=C(C1CCCCCC1)C(C)C1=CC=C(NCCCc2ccc(C)cc2)C1. The fraction of sp³-hybridized carbons (Fsp3) is 0.538.